The molecule has 1 amide bonds. The summed E-state index contributed by atoms with van der Waals surface area (Å²) in [5.41, 5.74) is 7.54. The lowest BCUT2D eigenvalue weighted by Crippen LogP contribution is -2.29. The van der Waals surface area contributed by atoms with Crippen LogP contribution in [0.3, 0.4) is 0 Å². The summed E-state index contributed by atoms with van der Waals surface area (Å²) in [5, 5.41) is 7.91. The number of anilines is 2. The van der Waals surface area contributed by atoms with Crippen molar-refractivity contribution in [2.45, 2.75) is 32.9 Å². The van der Waals surface area contributed by atoms with E-state index in [9.17, 15) is 4.79 Å². The molecular weight excluding hydrogens is 565 g/mol. The summed E-state index contributed by atoms with van der Waals surface area (Å²) in [7, 11) is 1.47. The number of carbonyl (C=O) groups is 1. The molecule has 40 heavy (non-hydrogen) atoms. The quantitative estimate of drug-likeness (QED) is 0.228. The molecule has 0 spiro atoms. The molecule has 5 rings (SSSR count). The zero-order valence-electron chi connectivity index (χ0n) is 22.5. The van der Waals surface area contributed by atoms with Crippen molar-refractivity contribution in [3.05, 3.63) is 105 Å². The number of hydrogen-bond acceptors (Lipinski definition) is 4. The lowest BCUT2D eigenvalue weighted by atomic mass is 9.96. The van der Waals surface area contributed by atoms with Crippen LogP contribution >= 0.6 is 35.4 Å². The van der Waals surface area contributed by atoms with E-state index in [0.717, 1.165) is 39.6 Å². The number of hydrogen-bond donors (Lipinski definition) is 2. The lowest BCUT2D eigenvalue weighted by molar-refractivity contribution is -0.119. The summed E-state index contributed by atoms with van der Waals surface area (Å²) in [6, 6.07) is 19.0. The molecule has 10 heteroatoms. The average molecular weight is 595 g/mol. The van der Waals surface area contributed by atoms with Crippen molar-refractivity contribution >= 4 is 57.8 Å². The predicted molar refractivity (Wildman–Crippen MR) is 165 cm³/mol. The number of pyridine rings is 1. The first-order chi connectivity index (χ1) is 19.2. The fourth-order valence-corrected chi connectivity index (χ4v) is 6.04. The van der Waals surface area contributed by atoms with Crippen molar-refractivity contribution in [2.24, 2.45) is 0 Å². The maximum Gasteiger partial charge on any atom is 0.250 e. The molecule has 1 aliphatic rings. The van der Waals surface area contributed by atoms with Crippen LogP contribution in [0.15, 0.2) is 66.9 Å². The summed E-state index contributed by atoms with van der Waals surface area (Å²) < 4.78 is 7.15. The van der Waals surface area contributed by atoms with Gasteiger partial charge in [-0.3, -0.25) is 9.78 Å². The normalized spacial score (nSPS) is 16.8. The molecule has 4 aromatic rings. The van der Waals surface area contributed by atoms with Gasteiger partial charge >= 0.3 is 0 Å². The van der Waals surface area contributed by atoms with E-state index in [4.69, 9.17) is 40.2 Å². The standard InChI is InChI=1S/C30H29Cl2N5O2S/c1-17-8-9-20(31)14-26(17)36-18(2)13-22(19(36)3)29-28(25-7-5-6-12-33-25)35-30(40)37(29)21-10-11-24(23(32)15-21)34-27(38)16-39-4/h5-15,28-29H,16H2,1-4H3,(H,34,38)(H,35,40). The predicted octanol–water partition coefficient (Wildman–Crippen LogP) is 6.87. The minimum absolute atomic E-state index is 0.0617. The van der Waals surface area contributed by atoms with Crippen LogP contribution in [0.4, 0.5) is 11.4 Å². The molecule has 1 saturated heterocycles. The number of benzene rings is 2. The van der Waals surface area contributed by atoms with E-state index in [1.54, 1.807) is 12.3 Å². The number of thiocarbonyl (C=S) groups is 1. The van der Waals surface area contributed by atoms with E-state index in [-0.39, 0.29) is 24.6 Å². The van der Waals surface area contributed by atoms with Gasteiger partial charge in [-0.15, -0.1) is 0 Å². The van der Waals surface area contributed by atoms with Crippen molar-refractivity contribution in [3.63, 3.8) is 0 Å². The highest BCUT2D eigenvalue weighted by atomic mass is 35.5. The first-order valence-corrected chi connectivity index (χ1v) is 13.9. The van der Waals surface area contributed by atoms with Gasteiger partial charge in [0.15, 0.2) is 5.11 Å². The van der Waals surface area contributed by atoms with Gasteiger partial charge < -0.3 is 24.8 Å². The van der Waals surface area contributed by atoms with Gasteiger partial charge in [0.1, 0.15) is 6.61 Å². The van der Waals surface area contributed by atoms with Crippen LogP contribution in [0.25, 0.3) is 5.69 Å². The van der Waals surface area contributed by atoms with Crippen molar-refractivity contribution in [1.82, 2.24) is 14.9 Å². The van der Waals surface area contributed by atoms with E-state index >= 15 is 0 Å². The first kappa shape index (κ1) is 28.1. The number of nitrogens with one attached hydrogen (secondary N) is 2. The molecule has 0 bridgehead atoms. The molecule has 0 saturated carbocycles. The second-order valence-electron chi connectivity index (χ2n) is 9.73. The second-order valence-corrected chi connectivity index (χ2v) is 11.0. The SMILES string of the molecule is COCC(=O)Nc1ccc(N2C(=S)NC(c3ccccn3)C2c2cc(C)n(-c3cc(Cl)ccc3C)c2C)cc1Cl. The van der Waals surface area contributed by atoms with Crippen LogP contribution in [0.5, 0.6) is 0 Å². The van der Waals surface area contributed by atoms with E-state index < -0.39 is 0 Å². The van der Waals surface area contributed by atoms with Crippen LogP contribution in [-0.4, -0.2) is 34.3 Å². The summed E-state index contributed by atoms with van der Waals surface area (Å²) in [5.74, 6) is -0.285. The van der Waals surface area contributed by atoms with Gasteiger partial charge in [-0.25, -0.2) is 0 Å². The Labute approximate surface area is 249 Å². The smallest absolute Gasteiger partial charge is 0.250 e. The fraction of sp³-hybridized carbons (Fsp3) is 0.233. The Hall–Kier alpha value is -3.43. The highest BCUT2D eigenvalue weighted by molar-refractivity contribution is 7.80. The van der Waals surface area contributed by atoms with E-state index in [1.165, 1.54) is 7.11 Å². The topological polar surface area (TPSA) is 71.4 Å². The lowest BCUT2D eigenvalue weighted by Gasteiger charge is -2.28. The number of methoxy groups -OCH3 is 1. The number of aromatic nitrogens is 2. The van der Waals surface area contributed by atoms with Crippen molar-refractivity contribution < 1.29 is 9.53 Å². The number of carbonyl (C=O) groups excluding carboxylic acids is 1. The van der Waals surface area contributed by atoms with E-state index in [2.05, 4.69) is 51.9 Å². The molecular formula is C30H29Cl2N5O2S. The molecule has 2 aromatic heterocycles. The number of halogens is 2. The number of nitrogens with zero attached hydrogens (tertiary/aromatic N) is 3. The van der Waals surface area contributed by atoms with E-state index in [0.29, 0.717) is 20.8 Å². The van der Waals surface area contributed by atoms with Crippen LogP contribution in [0.1, 0.15) is 40.3 Å². The third kappa shape index (κ3) is 5.32. The minimum Gasteiger partial charge on any atom is -0.375 e. The Bertz CT molecular complexity index is 1590. The zero-order chi connectivity index (χ0) is 28.6. The monoisotopic (exact) mass is 593 g/mol. The highest BCUT2D eigenvalue weighted by Gasteiger charge is 2.42. The van der Waals surface area contributed by atoms with Gasteiger partial charge in [0.25, 0.3) is 0 Å². The molecule has 1 fully saturated rings. The average Bonchev–Trinajstić information content (AvgIpc) is 3.42. The maximum atomic E-state index is 12.1. The number of rotatable bonds is 7. The molecule has 1 aliphatic heterocycles. The van der Waals surface area contributed by atoms with Gasteiger partial charge in [0, 0.05) is 41.1 Å². The third-order valence-electron chi connectivity index (χ3n) is 7.08. The molecule has 3 heterocycles. The molecule has 0 radical (unpaired) electrons. The summed E-state index contributed by atoms with van der Waals surface area (Å²) in [4.78, 5) is 18.8. The van der Waals surface area contributed by atoms with E-state index in [1.807, 2.05) is 48.5 Å². The van der Waals surface area contributed by atoms with Crippen molar-refractivity contribution in [3.8, 4) is 5.69 Å². The Morgan fingerprint density at radius 2 is 1.90 bits per heavy atom. The molecule has 0 aliphatic carbocycles. The Morgan fingerprint density at radius 1 is 1.10 bits per heavy atom. The van der Waals surface area contributed by atoms with Gasteiger partial charge in [0.2, 0.25) is 5.91 Å². The van der Waals surface area contributed by atoms with Crippen molar-refractivity contribution in [2.75, 3.05) is 23.9 Å². The molecule has 206 valence electrons. The third-order valence-corrected chi connectivity index (χ3v) is 7.94. The Morgan fingerprint density at radius 3 is 2.60 bits per heavy atom. The molecule has 2 N–H and O–H groups in total. The number of amides is 1. The summed E-state index contributed by atoms with van der Waals surface area (Å²) in [6.45, 7) is 6.22. The summed E-state index contributed by atoms with van der Waals surface area (Å²) >= 11 is 19.0. The molecule has 2 unspecified atom stereocenters. The minimum atomic E-state index is -0.285. The highest BCUT2D eigenvalue weighted by Crippen LogP contribution is 2.45. The molecule has 2 atom stereocenters. The Balaban J connectivity index is 1.63. The van der Waals surface area contributed by atoms with Crippen LogP contribution < -0.4 is 15.5 Å². The fourth-order valence-electron chi connectivity index (χ4n) is 5.30. The van der Waals surface area contributed by atoms with Gasteiger partial charge in [0.05, 0.1) is 28.5 Å². The largest absolute Gasteiger partial charge is 0.375 e. The second kappa shape index (κ2) is 11.6. The Kier molecular flexibility index (Phi) is 8.14. The number of ether oxygens (including phenoxy) is 1. The van der Waals surface area contributed by atoms with Crippen LogP contribution in [0, 0.1) is 20.8 Å². The zero-order valence-corrected chi connectivity index (χ0v) is 24.9. The van der Waals surface area contributed by atoms with Gasteiger partial charge in [-0.05, 0) is 92.6 Å². The maximum absolute atomic E-state index is 12.1. The first-order valence-electron chi connectivity index (χ1n) is 12.7. The van der Waals surface area contributed by atoms with Crippen LogP contribution in [-0.2, 0) is 9.53 Å². The van der Waals surface area contributed by atoms with Crippen molar-refractivity contribution in [1.29, 1.82) is 0 Å². The van der Waals surface area contributed by atoms with Gasteiger partial charge in [-0.2, -0.15) is 0 Å². The molecule has 2 aromatic carbocycles. The molecule has 7 nitrogen and oxygen atoms in total. The summed E-state index contributed by atoms with van der Waals surface area (Å²) in [6.07, 6.45) is 1.78. The van der Waals surface area contributed by atoms with Gasteiger partial charge in [-0.1, -0.05) is 35.3 Å². The van der Waals surface area contributed by atoms with Crippen LogP contribution in [0.2, 0.25) is 10.0 Å². The number of aryl methyl sites for hydroxylation is 2.